The van der Waals surface area contributed by atoms with E-state index in [1.54, 1.807) is 21.6 Å². The molecule has 0 amide bonds. The minimum absolute atomic E-state index is 0.321. The Hall–Kier alpha value is -1.41. The molecule has 0 N–H and O–H groups in total. The number of esters is 1. The lowest BCUT2D eigenvalue weighted by Gasteiger charge is -2.04. The summed E-state index contributed by atoms with van der Waals surface area (Å²) < 4.78 is 11.1. The summed E-state index contributed by atoms with van der Waals surface area (Å²) in [5.74, 6) is 0.931. The normalized spacial score (nSPS) is 9.89. The lowest BCUT2D eigenvalue weighted by Crippen LogP contribution is -2.13. The largest absolute Gasteiger partial charge is 0.462 e. The maximum absolute atomic E-state index is 11.4. The van der Waals surface area contributed by atoms with Gasteiger partial charge in [0, 0.05) is 30.0 Å². The van der Waals surface area contributed by atoms with Crippen molar-refractivity contribution in [3.8, 4) is 0 Å². The Bertz CT molecular complexity index is 409. The number of nitrogens with zero attached hydrogens (tertiary/aromatic N) is 2. The number of hydrogen-bond acceptors (Lipinski definition) is 7. The van der Waals surface area contributed by atoms with Gasteiger partial charge in [0.1, 0.15) is 19.5 Å². The van der Waals surface area contributed by atoms with Gasteiger partial charge < -0.3 is 9.47 Å². The second-order valence-corrected chi connectivity index (χ2v) is 5.80. The van der Waals surface area contributed by atoms with E-state index in [9.17, 15) is 9.59 Å². The monoisotopic (exact) mass is 302 g/mol. The first-order chi connectivity index (χ1) is 9.24. The van der Waals surface area contributed by atoms with Crippen LogP contribution in [0.15, 0.2) is 31.4 Å². The van der Waals surface area contributed by atoms with Crippen LogP contribution in [0.3, 0.4) is 0 Å². The number of carbonyl (C=O) groups excluding carboxylic acids is 2. The van der Waals surface area contributed by atoms with Crippen molar-refractivity contribution in [2.24, 2.45) is 0 Å². The highest BCUT2D eigenvalue weighted by Gasteiger charge is 2.03. The maximum atomic E-state index is 11.4. The van der Waals surface area contributed by atoms with E-state index in [1.165, 1.54) is 23.3 Å². The number of imidazole rings is 1. The second-order valence-electron chi connectivity index (χ2n) is 3.10. The van der Waals surface area contributed by atoms with Gasteiger partial charge in [0.15, 0.2) is 0 Å². The molecule has 0 spiro atoms. The average molecular weight is 302 g/mol. The van der Waals surface area contributed by atoms with E-state index < -0.39 is 12.1 Å². The Morgan fingerprint density at radius 3 is 2.53 bits per heavy atom. The van der Waals surface area contributed by atoms with Crippen LogP contribution in [0, 0.1) is 0 Å². The van der Waals surface area contributed by atoms with Gasteiger partial charge in [-0.2, -0.15) is 0 Å². The second kappa shape index (κ2) is 9.51. The van der Waals surface area contributed by atoms with Crippen molar-refractivity contribution in [3.05, 3.63) is 31.4 Å². The quantitative estimate of drug-likeness (QED) is 0.315. The molecular formula is C11H14N2O4S2. The van der Waals surface area contributed by atoms with Crippen molar-refractivity contribution in [1.29, 1.82) is 0 Å². The zero-order valence-corrected chi connectivity index (χ0v) is 11.8. The molecule has 8 heteroatoms. The first-order valence-corrected chi connectivity index (χ1v) is 7.91. The molecule has 0 saturated heterocycles. The van der Waals surface area contributed by atoms with Crippen LogP contribution in [-0.4, -0.2) is 46.3 Å². The summed E-state index contributed by atoms with van der Waals surface area (Å²) in [6.07, 6.45) is 5.11. The van der Waals surface area contributed by atoms with Crippen LogP contribution in [-0.2, 0) is 14.3 Å². The Balaban J connectivity index is 1.93. The van der Waals surface area contributed by atoms with E-state index in [0.29, 0.717) is 24.7 Å². The number of rotatable bonds is 8. The lowest BCUT2D eigenvalue weighted by molar-refractivity contribution is -0.137. The fraction of sp³-hybridized carbons (Fsp3) is 0.364. The average Bonchev–Trinajstić information content (AvgIpc) is 2.95. The van der Waals surface area contributed by atoms with E-state index >= 15 is 0 Å². The Kier molecular flexibility index (Phi) is 7.83. The highest BCUT2D eigenvalue weighted by Crippen LogP contribution is 2.20. The summed E-state index contributed by atoms with van der Waals surface area (Å²) in [5.41, 5.74) is 0. The highest BCUT2D eigenvalue weighted by atomic mass is 33.1. The van der Waals surface area contributed by atoms with Crippen molar-refractivity contribution in [2.75, 3.05) is 24.7 Å². The summed E-state index contributed by atoms with van der Waals surface area (Å²) in [4.78, 5) is 25.8. The SMILES string of the molecule is C=CC(=O)OCCSSCCOC(=O)n1ccnc1. The first-order valence-electron chi connectivity index (χ1n) is 5.42. The van der Waals surface area contributed by atoms with Crippen molar-refractivity contribution >= 4 is 33.7 Å². The van der Waals surface area contributed by atoms with Crippen LogP contribution >= 0.6 is 21.6 Å². The third kappa shape index (κ3) is 6.92. The van der Waals surface area contributed by atoms with Crippen LogP contribution in [0.4, 0.5) is 4.79 Å². The van der Waals surface area contributed by atoms with Crippen LogP contribution < -0.4 is 0 Å². The standard InChI is InChI=1S/C11H14N2O4S2/c1-2-10(14)16-5-7-18-19-8-6-17-11(15)13-4-3-12-9-13/h2-4,9H,1,5-8H2. The van der Waals surface area contributed by atoms with Crippen LogP contribution in [0.2, 0.25) is 0 Å². The number of hydrogen-bond donors (Lipinski definition) is 0. The zero-order chi connectivity index (χ0) is 13.9. The molecule has 1 rings (SSSR count). The molecule has 0 aliphatic rings. The zero-order valence-electron chi connectivity index (χ0n) is 10.2. The van der Waals surface area contributed by atoms with Crippen LogP contribution in [0.25, 0.3) is 0 Å². The lowest BCUT2D eigenvalue weighted by atomic mass is 10.6. The van der Waals surface area contributed by atoms with Gasteiger partial charge in [0.2, 0.25) is 0 Å². The minimum Gasteiger partial charge on any atom is -0.462 e. The van der Waals surface area contributed by atoms with Gasteiger partial charge in [-0.05, 0) is 0 Å². The third-order valence-corrected chi connectivity index (χ3v) is 4.10. The molecule has 0 aliphatic carbocycles. The van der Waals surface area contributed by atoms with Gasteiger partial charge in [-0.25, -0.2) is 19.1 Å². The summed E-state index contributed by atoms with van der Waals surface area (Å²) in [6.45, 7) is 3.96. The van der Waals surface area contributed by atoms with E-state index in [2.05, 4.69) is 11.6 Å². The molecule has 0 aromatic carbocycles. The molecule has 0 aliphatic heterocycles. The van der Waals surface area contributed by atoms with E-state index in [-0.39, 0.29) is 0 Å². The summed E-state index contributed by atoms with van der Waals surface area (Å²) >= 11 is 0. The number of carbonyl (C=O) groups is 2. The molecule has 0 fully saturated rings. The predicted octanol–water partition coefficient (Wildman–Crippen LogP) is 1.98. The molecular weight excluding hydrogens is 288 g/mol. The molecule has 0 radical (unpaired) electrons. The van der Waals surface area contributed by atoms with Crippen molar-refractivity contribution in [2.45, 2.75) is 0 Å². The fourth-order valence-corrected chi connectivity index (χ4v) is 2.61. The van der Waals surface area contributed by atoms with Gasteiger partial charge in [0.05, 0.1) is 0 Å². The molecule has 0 atom stereocenters. The summed E-state index contributed by atoms with van der Waals surface area (Å²) in [5, 5.41) is 0. The Morgan fingerprint density at radius 2 is 1.95 bits per heavy atom. The maximum Gasteiger partial charge on any atom is 0.419 e. The molecule has 1 heterocycles. The molecule has 19 heavy (non-hydrogen) atoms. The molecule has 0 bridgehead atoms. The third-order valence-electron chi connectivity index (χ3n) is 1.77. The van der Waals surface area contributed by atoms with E-state index in [4.69, 9.17) is 9.47 Å². The number of ether oxygens (including phenoxy) is 2. The van der Waals surface area contributed by atoms with Crippen molar-refractivity contribution in [3.63, 3.8) is 0 Å². The molecule has 1 aromatic heterocycles. The van der Waals surface area contributed by atoms with E-state index in [0.717, 1.165) is 6.08 Å². The summed E-state index contributed by atoms with van der Waals surface area (Å²) in [7, 11) is 3.10. The van der Waals surface area contributed by atoms with Gasteiger partial charge in [-0.1, -0.05) is 28.2 Å². The Morgan fingerprint density at radius 1 is 1.26 bits per heavy atom. The summed E-state index contributed by atoms with van der Waals surface area (Å²) in [6, 6.07) is 0. The topological polar surface area (TPSA) is 70.4 Å². The molecule has 0 unspecified atom stereocenters. The Labute approximate surface area is 118 Å². The van der Waals surface area contributed by atoms with Crippen LogP contribution in [0.5, 0.6) is 0 Å². The highest BCUT2D eigenvalue weighted by molar-refractivity contribution is 8.76. The minimum atomic E-state index is -0.442. The van der Waals surface area contributed by atoms with Gasteiger partial charge >= 0.3 is 12.1 Å². The predicted molar refractivity (Wildman–Crippen MR) is 75.0 cm³/mol. The van der Waals surface area contributed by atoms with E-state index in [1.807, 2.05) is 0 Å². The first kappa shape index (κ1) is 15.6. The molecule has 1 aromatic rings. The van der Waals surface area contributed by atoms with Gasteiger partial charge in [-0.15, -0.1) is 0 Å². The molecule has 6 nitrogen and oxygen atoms in total. The van der Waals surface area contributed by atoms with Gasteiger partial charge in [0.25, 0.3) is 0 Å². The van der Waals surface area contributed by atoms with Gasteiger partial charge in [-0.3, -0.25) is 0 Å². The van der Waals surface area contributed by atoms with Crippen molar-refractivity contribution < 1.29 is 19.1 Å². The van der Waals surface area contributed by atoms with Crippen molar-refractivity contribution in [1.82, 2.24) is 9.55 Å². The fourth-order valence-electron chi connectivity index (χ4n) is 0.958. The smallest absolute Gasteiger partial charge is 0.419 e. The van der Waals surface area contributed by atoms with Crippen LogP contribution in [0.1, 0.15) is 0 Å². The molecule has 0 saturated carbocycles. The number of aromatic nitrogens is 2. The molecule has 104 valence electrons.